The maximum Gasteiger partial charge on any atom is 0.332 e. The van der Waals surface area contributed by atoms with Gasteiger partial charge < -0.3 is 9.30 Å². The summed E-state index contributed by atoms with van der Waals surface area (Å²) < 4.78 is 12.0. The molecule has 1 atom stereocenters. The smallest absolute Gasteiger partial charge is 0.332 e. The standard InChI is InChI=1S/C22H27N5O3/c1-6-30-13-12-25-20(28)18-19(24(5)22(25)29)23-21-26(14(2)15(3)27(18)21)16(4)17-10-8-7-9-11-17/h7-11,16H,6,12-13H2,1-5H3/t16-/m0/s1. The number of imidazole rings is 2. The molecule has 8 heteroatoms. The first-order valence-electron chi connectivity index (χ1n) is 10.2. The summed E-state index contributed by atoms with van der Waals surface area (Å²) in [5, 5.41) is 0. The van der Waals surface area contributed by atoms with Gasteiger partial charge in [0.15, 0.2) is 11.2 Å². The highest BCUT2D eigenvalue weighted by atomic mass is 16.5. The predicted molar refractivity (Wildman–Crippen MR) is 116 cm³/mol. The van der Waals surface area contributed by atoms with E-state index in [1.807, 2.05) is 43.4 Å². The van der Waals surface area contributed by atoms with Crippen molar-refractivity contribution in [2.75, 3.05) is 13.2 Å². The average molecular weight is 409 g/mol. The van der Waals surface area contributed by atoms with E-state index in [1.165, 1.54) is 9.13 Å². The zero-order valence-electron chi connectivity index (χ0n) is 18.0. The second kappa shape index (κ2) is 7.60. The van der Waals surface area contributed by atoms with E-state index in [4.69, 9.17) is 9.72 Å². The lowest BCUT2D eigenvalue weighted by Gasteiger charge is -2.16. The van der Waals surface area contributed by atoms with Crippen molar-refractivity contribution in [3.8, 4) is 0 Å². The third-order valence-electron chi connectivity index (χ3n) is 5.89. The van der Waals surface area contributed by atoms with E-state index in [1.54, 1.807) is 7.05 Å². The Morgan fingerprint density at radius 2 is 1.80 bits per heavy atom. The molecule has 0 radical (unpaired) electrons. The fraction of sp³-hybridized carbons (Fsp3) is 0.409. The predicted octanol–water partition coefficient (Wildman–Crippen LogP) is 2.41. The SMILES string of the molecule is CCOCCn1c(=O)c2c(nc3n([C@@H](C)c4ccccc4)c(C)c(C)n23)n(C)c1=O. The summed E-state index contributed by atoms with van der Waals surface area (Å²) in [6.07, 6.45) is 0. The van der Waals surface area contributed by atoms with E-state index in [0.29, 0.717) is 30.2 Å². The van der Waals surface area contributed by atoms with E-state index in [2.05, 4.69) is 23.6 Å². The first kappa shape index (κ1) is 20.2. The first-order chi connectivity index (χ1) is 14.4. The van der Waals surface area contributed by atoms with E-state index in [9.17, 15) is 9.59 Å². The second-order valence-electron chi connectivity index (χ2n) is 7.54. The Kier molecular flexibility index (Phi) is 5.11. The molecule has 0 saturated heterocycles. The van der Waals surface area contributed by atoms with Crippen LogP contribution in [0.5, 0.6) is 0 Å². The van der Waals surface area contributed by atoms with E-state index in [0.717, 1.165) is 17.0 Å². The molecule has 0 N–H and O–H groups in total. The molecule has 3 aromatic heterocycles. The van der Waals surface area contributed by atoms with Crippen molar-refractivity contribution in [2.45, 2.75) is 40.3 Å². The van der Waals surface area contributed by atoms with Crippen molar-refractivity contribution in [1.29, 1.82) is 0 Å². The summed E-state index contributed by atoms with van der Waals surface area (Å²) in [4.78, 5) is 30.9. The number of benzene rings is 1. The van der Waals surface area contributed by atoms with Crippen molar-refractivity contribution >= 4 is 16.9 Å². The van der Waals surface area contributed by atoms with Crippen molar-refractivity contribution < 1.29 is 4.74 Å². The summed E-state index contributed by atoms with van der Waals surface area (Å²) in [7, 11) is 1.65. The average Bonchev–Trinajstić information content (AvgIpc) is 3.25. The van der Waals surface area contributed by atoms with Gasteiger partial charge in [0, 0.05) is 25.0 Å². The fourth-order valence-electron chi connectivity index (χ4n) is 4.12. The summed E-state index contributed by atoms with van der Waals surface area (Å²) in [5.74, 6) is 0.658. The summed E-state index contributed by atoms with van der Waals surface area (Å²) in [6.45, 7) is 9.06. The molecule has 0 aliphatic carbocycles. The van der Waals surface area contributed by atoms with Crippen molar-refractivity contribution in [2.24, 2.45) is 7.05 Å². The molecule has 1 aromatic carbocycles. The monoisotopic (exact) mass is 409 g/mol. The lowest BCUT2D eigenvalue weighted by molar-refractivity contribution is 0.137. The van der Waals surface area contributed by atoms with Gasteiger partial charge in [-0.05, 0) is 33.3 Å². The van der Waals surface area contributed by atoms with Gasteiger partial charge in [0.25, 0.3) is 5.56 Å². The highest BCUT2D eigenvalue weighted by molar-refractivity contribution is 5.76. The maximum absolute atomic E-state index is 13.3. The molecule has 0 amide bonds. The van der Waals surface area contributed by atoms with Gasteiger partial charge in [-0.25, -0.2) is 4.79 Å². The number of hydrogen-bond acceptors (Lipinski definition) is 4. The molecule has 0 aliphatic heterocycles. The lowest BCUT2D eigenvalue weighted by atomic mass is 10.1. The molecular formula is C22H27N5O3. The van der Waals surface area contributed by atoms with Gasteiger partial charge in [-0.2, -0.15) is 4.98 Å². The van der Waals surface area contributed by atoms with Gasteiger partial charge in [-0.15, -0.1) is 0 Å². The van der Waals surface area contributed by atoms with Gasteiger partial charge >= 0.3 is 5.69 Å². The van der Waals surface area contributed by atoms with Crippen LogP contribution in [0.15, 0.2) is 39.9 Å². The van der Waals surface area contributed by atoms with E-state index in [-0.39, 0.29) is 23.8 Å². The van der Waals surface area contributed by atoms with Crippen LogP contribution in [0, 0.1) is 13.8 Å². The molecule has 0 bridgehead atoms. The minimum Gasteiger partial charge on any atom is -0.380 e. The van der Waals surface area contributed by atoms with Crippen LogP contribution < -0.4 is 11.2 Å². The van der Waals surface area contributed by atoms with Gasteiger partial charge in [0.2, 0.25) is 5.78 Å². The quantitative estimate of drug-likeness (QED) is 0.458. The Morgan fingerprint density at radius 1 is 1.10 bits per heavy atom. The first-order valence-corrected chi connectivity index (χ1v) is 10.2. The number of aryl methyl sites for hydroxylation is 2. The normalized spacial score (nSPS) is 12.8. The van der Waals surface area contributed by atoms with Gasteiger partial charge in [-0.1, -0.05) is 30.3 Å². The van der Waals surface area contributed by atoms with Crippen LogP contribution in [-0.2, 0) is 18.3 Å². The van der Waals surface area contributed by atoms with Crippen molar-refractivity contribution in [3.05, 3.63) is 68.1 Å². The van der Waals surface area contributed by atoms with Crippen LogP contribution in [-0.4, -0.2) is 36.3 Å². The highest BCUT2D eigenvalue weighted by Crippen LogP contribution is 2.27. The minimum atomic E-state index is -0.384. The second-order valence-corrected chi connectivity index (χ2v) is 7.54. The molecule has 4 rings (SSSR count). The van der Waals surface area contributed by atoms with Crippen LogP contribution in [0.3, 0.4) is 0 Å². The van der Waals surface area contributed by atoms with Crippen LogP contribution in [0.2, 0.25) is 0 Å². The fourth-order valence-corrected chi connectivity index (χ4v) is 4.12. The zero-order chi connectivity index (χ0) is 21.6. The third kappa shape index (κ3) is 2.90. The molecule has 30 heavy (non-hydrogen) atoms. The molecular weight excluding hydrogens is 382 g/mol. The molecule has 0 unspecified atom stereocenters. The number of hydrogen-bond donors (Lipinski definition) is 0. The van der Waals surface area contributed by atoms with Gasteiger partial charge in [0.05, 0.1) is 19.2 Å². The summed E-state index contributed by atoms with van der Waals surface area (Å²) >= 11 is 0. The molecule has 158 valence electrons. The Labute approximate surface area is 174 Å². The number of rotatable bonds is 6. The molecule has 0 fully saturated rings. The Morgan fingerprint density at radius 3 is 2.47 bits per heavy atom. The van der Waals surface area contributed by atoms with Crippen molar-refractivity contribution in [1.82, 2.24) is 23.1 Å². The number of aromatic nitrogens is 5. The molecule has 4 aromatic rings. The summed E-state index contributed by atoms with van der Waals surface area (Å²) in [5.41, 5.74) is 3.20. The summed E-state index contributed by atoms with van der Waals surface area (Å²) in [6, 6.07) is 10.2. The molecule has 0 spiro atoms. The van der Waals surface area contributed by atoms with Crippen LogP contribution in [0.25, 0.3) is 16.9 Å². The zero-order valence-corrected chi connectivity index (χ0v) is 18.0. The molecule has 8 nitrogen and oxygen atoms in total. The Hall–Kier alpha value is -3.13. The van der Waals surface area contributed by atoms with Crippen LogP contribution >= 0.6 is 0 Å². The molecule has 0 aliphatic rings. The number of ether oxygens (including phenoxy) is 1. The Bertz CT molecular complexity index is 1340. The van der Waals surface area contributed by atoms with Crippen LogP contribution in [0.1, 0.15) is 36.8 Å². The Balaban J connectivity index is 2.02. The van der Waals surface area contributed by atoms with E-state index >= 15 is 0 Å². The number of fused-ring (bicyclic) bond motifs is 3. The van der Waals surface area contributed by atoms with E-state index < -0.39 is 0 Å². The molecule has 3 heterocycles. The molecule has 0 saturated carbocycles. The maximum atomic E-state index is 13.3. The third-order valence-corrected chi connectivity index (χ3v) is 5.89. The highest BCUT2D eigenvalue weighted by Gasteiger charge is 2.24. The van der Waals surface area contributed by atoms with Crippen LogP contribution in [0.4, 0.5) is 0 Å². The van der Waals surface area contributed by atoms with Gasteiger partial charge in [0.1, 0.15) is 0 Å². The largest absolute Gasteiger partial charge is 0.380 e. The van der Waals surface area contributed by atoms with Crippen molar-refractivity contribution in [3.63, 3.8) is 0 Å². The lowest BCUT2D eigenvalue weighted by Crippen LogP contribution is -2.40. The number of nitrogens with zero attached hydrogens (tertiary/aromatic N) is 5. The van der Waals surface area contributed by atoms with Gasteiger partial charge in [-0.3, -0.25) is 18.3 Å². The topological polar surface area (TPSA) is 75.5 Å². The minimum absolute atomic E-state index is 0.0245.